The van der Waals surface area contributed by atoms with Gasteiger partial charge < -0.3 is 10.3 Å². The highest BCUT2D eigenvalue weighted by Gasteiger charge is 2.15. The summed E-state index contributed by atoms with van der Waals surface area (Å²) in [7, 11) is -3.57. The maximum atomic E-state index is 12.2. The molecule has 0 aliphatic rings. The van der Waals surface area contributed by atoms with E-state index in [0.29, 0.717) is 5.82 Å². The van der Waals surface area contributed by atoms with Gasteiger partial charge in [-0.15, -0.1) is 11.3 Å². The Morgan fingerprint density at radius 2 is 1.96 bits per heavy atom. The number of H-pyrrole nitrogens is 1. The van der Waals surface area contributed by atoms with Gasteiger partial charge in [0.1, 0.15) is 10.0 Å². The SMILES string of the molecule is O=S(=O)(Nc1ccc(NCCc2c[nH]c3ccccc23)cn1)c1cccs1. The lowest BCUT2D eigenvalue weighted by Gasteiger charge is -2.08. The molecule has 6 nitrogen and oxygen atoms in total. The van der Waals surface area contributed by atoms with E-state index in [1.807, 2.05) is 24.4 Å². The van der Waals surface area contributed by atoms with E-state index >= 15 is 0 Å². The highest BCUT2D eigenvalue weighted by atomic mass is 32.2. The summed E-state index contributed by atoms with van der Waals surface area (Å²) in [4.78, 5) is 7.46. The molecule has 0 atom stereocenters. The van der Waals surface area contributed by atoms with E-state index in [0.717, 1.165) is 24.2 Å². The number of hydrogen-bond acceptors (Lipinski definition) is 5. The Labute approximate surface area is 161 Å². The highest BCUT2D eigenvalue weighted by Crippen LogP contribution is 2.20. The highest BCUT2D eigenvalue weighted by molar-refractivity contribution is 7.94. The summed E-state index contributed by atoms with van der Waals surface area (Å²) in [6, 6.07) is 15.0. The lowest BCUT2D eigenvalue weighted by Crippen LogP contribution is -2.12. The Kier molecular flexibility index (Phi) is 4.83. The van der Waals surface area contributed by atoms with E-state index in [9.17, 15) is 8.42 Å². The second-order valence-electron chi connectivity index (χ2n) is 6.01. The van der Waals surface area contributed by atoms with Crippen LogP contribution in [0.3, 0.4) is 0 Å². The average molecular weight is 399 g/mol. The second kappa shape index (κ2) is 7.42. The van der Waals surface area contributed by atoms with E-state index < -0.39 is 10.0 Å². The van der Waals surface area contributed by atoms with Crippen molar-refractivity contribution in [2.24, 2.45) is 0 Å². The van der Waals surface area contributed by atoms with Crippen LogP contribution in [-0.4, -0.2) is 24.9 Å². The lowest BCUT2D eigenvalue weighted by atomic mass is 10.1. The number of pyridine rings is 1. The standard InChI is InChI=1S/C19H18N4O2S2/c24-27(25,19-6-3-11-26-19)23-18-8-7-15(13-22-18)20-10-9-14-12-21-17-5-2-1-4-16(14)17/h1-8,11-13,20-21H,9-10H2,(H,22,23). The first-order valence-corrected chi connectivity index (χ1v) is 10.8. The van der Waals surface area contributed by atoms with Gasteiger partial charge in [0.15, 0.2) is 0 Å². The van der Waals surface area contributed by atoms with Crippen LogP contribution in [0.15, 0.2) is 70.5 Å². The number of anilines is 2. The maximum Gasteiger partial charge on any atom is 0.272 e. The number of para-hydroxylation sites is 1. The predicted octanol–water partition coefficient (Wildman–Crippen LogP) is 4.08. The fraction of sp³-hybridized carbons (Fsp3) is 0.105. The minimum Gasteiger partial charge on any atom is -0.383 e. The number of aromatic amines is 1. The fourth-order valence-electron chi connectivity index (χ4n) is 2.84. The van der Waals surface area contributed by atoms with E-state index in [4.69, 9.17) is 0 Å². The zero-order valence-corrected chi connectivity index (χ0v) is 16.0. The molecule has 4 rings (SSSR count). The van der Waals surface area contributed by atoms with Gasteiger partial charge in [-0.2, -0.15) is 0 Å². The molecule has 1 aromatic carbocycles. The van der Waals surface area contributed by atoms with E-state index in [-0.39, 0.29) is 4.21 Å². The molecule has 3 N–H and O–H groups in total. The third kappa shape index (κ3) is 3.96. The van der Waals surface area contributed by atoms with Crippen LogP contribution >= 0.6 is 11.3 Å². The van der Waals surface area contributed by atoms with Crippen molar-refractivity contribution < 1.29 is 8.42 Å². The Morgan fingerprint density at radius 3 is 2.74 bits per heavy atom. The zero-order valence-electron chi connectivity index (χ0n) is 14.3. The number of nitrogens with zero attached hydrogens (tertiary/aromatic N) is 1. The van der Waals surface area contributed by atoms with Crippen molar-refractivity contribution in [2.75, 3.05) is 16.6 Å². The van der Waals surface area contributed by atoms with Gasteiger partial charge in [0.05, 0.1) is 11.9 Å². The summed E-state index contributed by atoms with van der Waals surface area (Å²) < 4.78 is 27.2. The summed E-state index contributed by atoms with van der Waals surface area (Å²) in [6.07, 6.45) is 4.53. The third-order valence-electron chi connectivity index (χ3n) is 4.16. The summed E-state index contributed by atoms with van der Waals surface area (Å²) in [5.41, 5.74) is 3.23. The molecular formula is C19H18N4O2S2. The van der Waals surface area contributed by atoms with Crippen LogP contribution in [-0.2, 0) is 16.4 Å². The average Bonchev–Trinajstić information content (AvgIpc) is 3.34. The number of benzene rings is 1. The molecule has 0 aliphatic carbocycles. The van der Waals surface area contributed by atoms with Crippen molar-refractivity contribution in [1.82, 2.24) is 9.97 Å². The van der Waals surface area contributed by atoms with Gasteiger partial charge in [-0.1, -0.05) is 24.3 Å². The van der Waals surface area contributed by atoms with Crippen molar-refractivity contribution in [3.8, 4) is 0 Å². The Bertz CT molecular complexity index is 1130. The minimum absolute atomic E-state index is 0.269. The molecule has 4 aromatic rings. The summed E-state index contributed by atoms with van der Waals surface area (Å²) in [6.45, 7) is 0.754. The summed E-state index contributed by atoms with van der Waals surface area (Å²) in [5, 5.41) is 6.27. The summed E-state index contributed by atoms with van der Waals surface area (Å²) in [5.74, 6) is 0.297. The quantitative estimate of drug-likeness (QED) is 0.438. The normalized spacial score (nSPS) is 11.6. The Balaban J connectivity index is 1.35. The molecule has 3 aromatic heterocycles. The Morgan fingerprint density at radius 1 is 1.07 bits per heavy atom. The van der Waals surface area contributed by atoms with Gasteiger partial charge in [0.25, 0.3) is 10.0 Å². The molecule has 138 valence electrons. The smallest absolute Gasteiger partial charge is 0.272 e. The van der Waals surface area contributed by atoms with Crippen LogP contribution in [0, 0.1) is 0 Å². The first kappa shape index (κ1) is 17.6. The number of fused-ring (bicyclic) bond motifs is 1. The number of sulfonamides is 1. The molecule has 0 amide bonds. The van der Waals surface area contributed by atoms with Gasteiger partial charge in [-0.05, 0) is 41.6 Å². The monoisotopic (exact) mass is 398 g/mol. The van der Waals surface area contributed by atoms with Crippen LogP contribution in [0.25, 0.3) is 10.9 Å². The van der Waals surface area contributed by atoms with Crippen molar-refractivity contribution >= 4 is 43.8 Å². The molecule has 0 fully saturated rings. The van der Waals surface area contributed by atoms with E-state index in [1.54, 1.807) is 29.8 Å². The molecule has 0 aliphatic heterocycles. The minimum atomic E-state index is -3.57. The van der Waals surface area contributed by atoms with Gasteiger partial charge in [0.2, 0.25) is 0 Å². The fourth-order valence-corrected chi connectivity index (χ4v) is 4.84. The molecule has 0 saturated heterocycles. The molecular weight excluding hydrogens is 380 g/mol. The first-order chi connectivity index (χ1) is 13.1. The second-order valence-corrected chi connectivity index (χ2v) is 8.86. The van der Waals surface area contributed by atoms with Crippen LogP contribution < -0.4 is 10.0 Å². The molecule has 8 heteroatoms. The van der Waals surface area contributed by atoms with Gasteiger partial charge >= 0.3 is 0 Å². The largest absolute Gasteiger partial charge is 0.383 e. The number of thiophene rings is 1. The van der Waals surface area contributed by atoms with Crippen LogP contribution in [0.4, 0.5) is 11.5 Å². The number of nitrogens with one attached hydrogen (secondary N) is 3. The van der Waals surface area contributed by atoms with E-state index in [1.165, 1.54) is 22.3 Å². The Hall–Kier alpha value is -2.84. The molecule has 0 bridgehead atoms. The van der Waals surface area contributed by atoms with E-state index in [2.05, 4.69) is 32.1 Å². The molecule has 0 saturated carbocycles. The third-order valence-corrected chi connectivity index (χ3v) is 6.91. The van der Waals surface area contributed by atoms with Crippen LogP contribution in [0.2, 0.25) is 0 Å². The first-order valence-electron chi connectivity index (χ1n) is 8.43. The summed E-state index contributed by atoms with van der Waals surface area (Å²) >= 11 is 1.17. The van der Waals surface area contributed by atoms with Crippen LogP contribution in [0.1, 0.15) is 5.56 Å². The molecule has 0 spiro atoms. The van der Waals surface area contributed by atoms with Gasteiger partial charge in [-0.3, -0.25) is 4.72 Å². The van der Waals surface area contributed by atoms with Crippen LogP contribution in [0.5, 0.6) is 0 Å². The molecule has 0 unspecified atom stereocenters. The number of aromatic nitrogens is 2. The maximum absolute atomic E-state index is 12.2. The van der Waals surface area contributed by atoms with Crippen molar-refractivity contribution in [3.63, 3.8) is 0 Å². The van der Waals surface area contributed by atoms with Gasteiger partial charge in [-0.25, -0.2) is 13.4 Å². The van der Waals surface area contributed by atoms with Crippen molar-refractivity contribution in [2.45, 2.75) is 10.6 Å². The predicted molar refractivity (Wildman–Crippen MR) is 110 cm³/mol. The topological polar surface area (TPSA) is 86.9 Å². The molecule has 0 radical (unpaired) electrons. The van der Waals surface area contributed by atoms with Gasteiger partial charge in [0, 0.05) is 23.6 Å². The number of rotatable bonds is 7. The van der Waals surface area contributed by atoms with Crippen molar-refractivity contribution in [3.05, 3.63) is 71.9 Å². The molecule has 3 heterocycles. The van der Waals surface area contributed by atoms with Crippen molar-refractivity contribution in [1.29, 1.82) is 0 Å². The number of hydrogen-bond donors (Lipinski definition) is 3. The lowest BCUT2D eigenvalue weighted by molar-refractivity contribution is 0.603. The molecule has 27 heavy (non-hydrogen) atoms. The zero-order chi connectivity index (χ0) is 18.7.